The fourth-order valence-electron chi connectivity index (χ4n) is 3.17. The Morgan fingerprint density at radius 3 is 2.03 bits per heavy atom. The third-order valence-corrected chi connectivity index (χ3v) is 4.79. The summed E-state index contributed by atoms with van der Waals surface area (Å²) in [6.07, 6.45) is -3.12. The maximum Gasteiger partial charge on any atom is 0.416 e. The molecule has 0 bridgehead atoms. The van der Waals surface area contributed by atoms with Crippen LogP contribution in [0.25, 0.3) is 0 Å². The molecule has 12 heteroatoms. The van der Waals surface area contributed by atoms with Gasteiger partial charge in [0.25, 0.3) is 0 Å². The Morgan fingerprint density at radius 2 is 1.48 bits per heavy atom. The molecule has 0 atom stereocenters. The summed E-state index contributed by atoms with van der Waals surface area (Å²) in [6, 6.07) is 4.91. The van der Waals surface area contributed by atoms with Crippen LogP contribution in [-0.2, 0) is 15.7 Å². The van der Waals surface area contributed by atoms with Crippen LogP contribution in [-0.4, -0.2) is 73.8 Å². The van der Waals surface area contributed by atoms with Crippen molar-refractivity contribution in [1.82, 2.24) is 15.0 Å². The molecule has 0 unspecified atom stereocenters. The minimum absolute atomic E-state index is 0.209. The van der Waals surface area contributed by atoms with Crippen LogP contribution in [0.3, 0.4) is 0 Å². The van der Waals surface area contributed by atoms with Gasteiger partial charge in [0, 0.05) is 26.2 Å². The zero-order chi connectivity index (χ0) is 21.7. The molecule has 2 aliphatic rings. The van der Waals surface area contributed by atoms with E-state index in [1.165, 1.54) is 18.3 Å². The second kappa shape index (κ2) is 9.43. The van der Waals surface area contributed by atoms with Gasteiger partial charge in [-0.1, -0.05) is 12.1 Å². The molecule has 0 saturated carbocycles. The highest BCUT2D eigenvalue weighted by Crippen LogP contribution is 2.29. The molecule has 0 spiro atoms. The van der Waals surface area contributed by atoms with E-state index in [2.05, 4.69) is 25.5 Å². The highest BCUT2D eigenvalue weighted by atomic mass is 19.4. The Bertz CT molecular complexity index is 877. The maximum atomic E-state index is 12.9. The number of alkyl halides is 3. The Balaban J connectivity index is 1.54. The number of morpholine rings is 2. The lowest BCUT2D eigenvalue weighted by Gasteiger charge is -2.30. The number of benzene rings is 1. The van der Waals surface area contributed by atoms with E-state index in [-0.39, 0.29) is 5.95 Å². The van der Waals surface area contributed by atoms with Gasteiger partial charge in [0.15, 0.2) is 0 Å². The number of anilines is 3. The van der Waals surface area contributed by atoms with Crippen molar-refractivity contribution in [2.24, 2.45) is 5.10 Å². The molecule has 2 aliphatic heterocycles. The summed E-state index contributed by atoms with van der Waals surface area (Å²) in [4.78, 5) is 17.4. The Kier molecular flexibility index (Phi) is 6.47. The molecule has 3 heterocycles. The van der Waals surface area contributed by atoms with Crippen LogP contribution in [0.4, 0.5) is 31.0 Å². The third kappa shape index (κ3) is 5.58. The number of hydrazone groups is 1. The number of aromatic nitrogens is 3. The van der Waals surface area contributed by atoms with E-state index >= 15 is 0 Å². The zero-order valence-electron chi connectivity index (χ0n) is 16.7. The summed E-state index contributed by atoms with van der Waals surface area (Å²) in [5.41, 5.74) is 2.29. The van der Waals surface area contributed by atoms with Crippen LogP contribution in [0.1, 0.15) is 11.1 Å². The number of halogens is 3. The lowest BCUT2D eigenvalue weighted by Crippen LogP contribution is -2.40. The first-order valence-corrected chi connectivity index (χ1v) is 9.87. The maximum absolute atomic E-state index is 12.9. The Hall–Kier alpha value is -2.99. The predicted octanol–water partition coefficient (Wildman–Crippen LogP) is 2.01. The Morgan fingerprint density at radius 1 is 0.903 bits per heavy atom. The van der Waals surface area contributed by atoms with E-state index in [0.29, 0.717) is 70.1 Å². The molecule has 9 nitrogen and oxygen atoms in total. The van der Waals surface area contributed by atoms with Gasteiger partial charge < -0.3 is 19.3 Å². The second-order valence-corrected chi connectivity index (χ2v) is 6.95. The molecule has 1 aromatic heterocycles. The molecule has 2 saturated heterocycles. The summed E-state index contributed by atoms with van der Waals surface area (Å²) in [6.45, 7) is 4.92. The number of rotatable bonds is 5. The normalized spacial score (nSPS) is 17.9. The minimum Gasteiger partial charge on any atom is -0.378 e. The van der Waals surface area contributed by atoms with E-state index in [4.69, 9.17) is 9.47 Å². The fraction of sp³-hybridized carbons (Fsp3) is 0.474. The Labute approximate surface area is 176 Å². The van der Waals surface area contributed by atoms with Crippen LogP contribution in [0.15, 0.2) is 29.4 Å². The largest absolute Gasteiger partial charge is 0.416 e. The summed E-state index contributed by atoms with van der Waals surface area (Å²) in [5, 5.41) is 4.03. The van der Waals surface area contributed by atoms with Crippen molar-refractivity contribution in [3.8, 4) is 0 Å². The van der Waals surface area contributed by atoms with Crippen molar-refractivity contribution in [1.29, 1.82) is 0 Å². The molecular formula is C19H22F3N7O2. The van der Waals surface area contributed by atoms with Gasteiger partial charge in [-0.2, -0.15) is 33.2 Å². The van der Waals surface area contributed by atoms with Gasteiger partial charge >= 0.3 is 6.18 Å². The smallest absolute Gasteiger partial charge is 0.378 e. The molecule has 2 aromatic rings. The van der Waals surface area contributed by atoms with E-state index in [9.17, 15) is 13.2 Å². The first-order valence-electron chi connectivity index (χ1n) is 9.87. The SMILES string of the molecule is FC(F)(F)c1cccc(/C=N\Nc2nc(N3CCOCC3)nc(N3CCOCC3)n2)c1. The summed E-state index contributed by atoms with van der Waals surface area (Å²) in [5.74, 6) is 1.20. The minimum atomic E-state index is -4.41. The van der Waals surface area contributed by atoms with E-state index in [0.717, 1.165) is 12.1 Å². The zero-order valence-corrected chi connectivity index (χ0v) is 16.7. The summed E-state index contributed by atoms with van der Waals surface area (Å²) in [7, 11) is 0. The van der Waals surface area contributed by atoms with Gasteiger partial charge in [-0.3, -0.25) is 0 Å². The molecule has 0 amide bonds. The van der Waals surface area contributed by atoms with Crippen LogP contribution in [0, 0.1) is 0 Å². The van der Waals surface area contributed by atoms with E-state index in [1.807, 2.05) is 9.80 Å². The lowest BCUT2D eigenvalue weighted by molar-refractivity contribution is -0.137. The fourth-order valence-corrected chi connectivity index (χ4v) is 3.17. The van der Waals surface area contributed by atoms with Gasteiger partial charge in [-0.25, -0.2) is 5.43 Å². The van der Waals surface area contributed by atoms with Crippen LogP contribution in [0.2, 0.25) is 0 Å². The van der Waals surface area contributed by atoms with Crippen LogP contribution in [0.5, 0.6) is 0 Å². The molecule has 31 heavy (non-hydrogen) atoms. The lowest BCUT2D eigenvalue weighted by atomic mass is 10.1. The quantitative estimate of drug-likeness (QED) is 0.562. The van der Waals surface area contributed by atoms with Crippen LogP contribution < -0.4 is 15.2 Å². The molecule has 2 fully saturated rings. The average Bonchev–Trinajstić information content (AvgIpc) is 2.80. The molecule has 1 N–H and O–H groups in total. The molecule has 0 radical (unpaired) electrons. The third-order valence-electron chi connectivity index (χ3n) is 4.79. The molecule has 1 aromatic carbocycles. The van der Waals surface area contributed by atoms with E-state index < -0.39 is 11.7 Å². The van der Waals surface area contributed by atoms with Gasteiger partial charge in [0.2, 0.25) is 17.8 Å². The molecule has 0 aliphatic carbocycles. The number of nitrogens with zero attached hydrogens (tertiary/aromatic N) is 6. The first-order chi connectivity index (χ1) is 15.0. The van der Waals surface area contributed by atoms with Gasteiger partial charge in [-0.05, 0) is 17.7 Å². The predicted molar refractivity (Wildman–Crippen MR) is 109 cm³/mol. The summed E-state index contributed by atoms with van der Waals surface area (Å²) < 4.78 is 49.4. The monoisotopic (exact) mass is 437 g/mol. The number of hydrogen-bond acceptors (Lipinski definition) is 9. The van der Waals surface area contributed by atoms with Crippen LogP contribution >= 0.6 is 0 Å². The number of nitrogens with one attached hydrogen (secondary N) is 1. The summed E-state index contributed by atoms with van der Waals surface area (Å²) >= 11 is 0. The van der Waals surface area contributed by atoms with E-state index in [1.54, 1.807) is 0 Å². The van der Waals surface area contributed by atoms with Crippen molar-refractivity contribution in [3.63, 3.8) is 0 Å². The van der Waals surface area contributed by atoms with Crippen molar-refractivity contribution < 1.29 is 22.6 Å². The molecule has 4 rings (SSSR count). The average molecular weight is 437 g/mol. The van der Waals surface area contributed by atoms with Crippen molar-refractivity contribution in [2.75, 3.05) is 67.8 Å². The van der Waals surface area contributed by atoms with Gasteiger partial charge in [-0.15, -0.1) is 0 Å². The molecular weight excluding hydrogens is 415 g/mol. The first kappa shape index (κ1) is 21.2. The van der Waals surface area contributed by atoms with Gasteiger partial charge in [0.05, 0.1) is 38.2 Å². The number of ether oxygens (including phenoxy) is 2. The van der Waals surface area contributed by atoms with Crippen molar-refractivity contribution in [2.45, 2.75) is 6.18 Å². The van der Waals surface area contributed by atoms with Crippen molar-refractivity contribution >= 4 is 24.1 Å². The topological polar surface area (TPSA) is 88.0 Å². The van der Waals surface area contributed by atoms with Crippen molar-refractivity contribution in [3.05, 3.63) is 35.4 Å². The second-order valence-electron chi connectivity index (χ2n) is 6.95. The molecule has 166 valence electrons. The highest BCUT2D eigenvalue weighted by Gasteiger charge is 2.30. The standard InChI is InChI=1S/C19H22F3N7O2/c20-19(21,22)15-3-1-2-14(12-15)13-23-27-16-24-17(28-4-8-30-9-5-28)26-18(25-16)29-6-10-31-11-7-29/h1-3,12-13H,4-11H2,(H,24,25,26,27)/b23-13-. The number of hydrogen-bond donors (Lipinski definition) is 1. The highest BCUT2D eigenvalue weighted by molar-refractivity contribution is 5.80. The van der Waals surface area contributed by atoms with Gasteiger partial charge in [0.1, 0.15) is 0 Å².